The lowest BCUT2D eigenvalue weighted by molar-refractivity contribution is -0.113. The summed E-state index contributed by atoms with van der Waals surface area (Å²) in [5, 5.41) is 5.96. The minimum atomic E-state index is -0.337. The van der Waals surface area contributed by atoms with Crippen molar-refractivity contribution in [2.75, 3.05) is 16.4 Å². The zero-order valence-corrected chi connectivity index (χ0v) is 15.4. The van der Waals surface area contributed by atoms with Gasteiger partial charge in [0.1, 0.15) is 5.52 Å². The zero-order chi connectivity index (χ0) is 19.3. The predicted molar refractivity (Wildman–Crippen MR) is 106 cm³/mol. The van der Waals surface area contributed by atoms with Crippen molar-refractivity contribution in [2.45, 2.75) is 5.22 Å². The van der Waals surface area contributed by atoms with E-state index in [4.69, 9.17) is 8.83 Å². The Morgan fingerprint density at radius 2 is 1.68 bits per heavy atom. The lowest BCUT2D eigenvalue weighted by Gasteiger charge is -2.06. The Balaban J connectivity index is 1.30. The van der Waals surface area contributed by atoms with Gasteiger partial charge in [-0.25, -0.2) is 4.98 Å². The van der Waals surface area contributed by atoms with Gasteiger partial charge in [0.25, 0.3) is 11.1 Å². The molecule has 0 saturated carbocycles. The van der Waals surface area contributed by atoms with Gasteiger partial charge in [-0.3, -0.25) is 9.59 Å². The Kier molecular flexibility index (Phi) is 5.11. The number of nitrogens with zero attached hydrogens (tertiary/aromatic N) is 1. The van der Waals surface area contributed by atoms with E-state index in [9.17, 15) is 9.59 Å². The third kappa shape index (κ3) is 4.24. The molecule has 0 saturated heterocycles. The van der Waals surface area contributed by atoms with Crippen molar-refractivity contribution in [1.29, 1.82) is 0 Å². The number of furan rings is 1. The number of para-hydroxylation sites is 2. The second kappa shape index (κ2) is 8.01. The Bertz CT molecular complexity index is 1070. The number of hydrogen-bond acceptors (Lipinski definition) is 6. The number of hydrogen-bond donors (Lipinski definition) is 2. The molecule has 8 heteroatoms. The molecule has 0 unspecified atom stereocenters. The van der Waals surface area contributed by atoms with E-state index >= 15 is 0 Å². The lowest BCUT2D eigenvalue weighted by atomic mass is 10.2. The minimum absolute atomic E-state index is 0.170. The van der Waals surface area contributed by atoms with Crippen molar-refractivity contribution in [2.24, 2.45) is 0 Å². The number of benzene rings is 2. The van der Waals surface area contributed by atoms with E-state index in [0.717, 1.165) is 5.52 Å². The van der Waals surface area contributed by atoms with Crippen LogP contribution in [-0.2, 0) is 4.79 Å². The quantitative estimate of drug-likeness (QED) is 0.471. The van der Waals surface area contributed by atoms with Gasteiger partial charge in [0.15, 0.2) is 11.3 Å². The molecule has 0 spiro atoms. The van der Waals surface area contributed by atoms with Crippen LogP contribution in [0.25, 0.3) is 11.1 Å². The van der Waals surface area contributed by atoms with E-state index in [1.807, 2.05) is 24.3 Å². The average Bonchev–Trinajstić information content (AvgIpc) is 3.37. The van der Waals surface area contributed by atoms with Crippen LogP contribution in [0.3, 0.4) is 0 Å². The minimum Gasteiger partial charge on any atom is -0.459 e. The topological polar surface area (TPSA) is 97.4 Å². The zero-order valence-electron chi connectivity index (χ0n) is 14.5. The number of rotatable bonds is 6. The van der Waals surface area contributed by atoms with Gasteiger partial charge >= 0.3 is 0 Å². The molecule has 2 heterocycles. The Morgan fingerprint density at radius 3 is 2.39 bits per heavy atom. The largest absolute Gasteiger partial charge is 0.459 e. The smallest absolute Gasteiger partial charge is 0.291 e. The van der Waals surface area contributed by atoms with E-state index < -0.39 is 0 Å². The van der Waals surface area contributed by atoms with E-state index in [1.165, 1.54) is 18.0 Å². The normalized spacial score (nSPS) is 10.7. The fourth-order valence-corrected chi connectivity index (χ4v) is 3.11. The number of thioether (sulfide) groups is 1. The van der Waals surface area contributed by atoms with Crippen molar-refractivity contribution >= 4 is 46.1 Å². The predicted octanol–water partition coefficient (Wildman–Crippen LogP) is 4.40. The van der Waals surface area contributed by atoms with E-state index in [-0.39, 0.29) is 23.3 Å². The second-order valence-corrected chi connectivity index (χ2v) is 6.72. The maximum absolute atomic E-state index is 12.1. The van der Waals surface area contributed by atoms with Crippen LogP contribution in [0.15, 0.2) is 81.0 Å². The summed E-state index contributed by atoms with van der Waals surface area (Å²) in [5.41, 5.74) is 2.68. The molecular formula is C20H15N3O4S. The Morgan fingerprint density at radius 1 is 0.929 bits per heavy atom. The lowest BCUT2D eigenvalue weighted by Crippen LogP contribution is -2.14. The molecule has 2 aromatic heterocycles. The molecule has 0 fully saturated rings. The van der Waals surface area contributed by atoms with E-state index in [0.29, 0.717) is 22.2 Å². The van der Waals surface area contributed by atoms with Gasteiger partial charge in [-0.1, -0.05) is 23.9 Å². The highest BCUT2D eigenvalue weighted by molar-refractivity contribution is 7.99. The van der Waals surface area contributed by atoms with Crippen LogP contribution in [0.4, 0.5) is 11.4 Å². The van der Waals surface area contributed by atoms with Crippen LogP contribution in [0.5, 0.6) is 0 Å². The third-order valence-electron chi connectivity index (χ3n) is 3.77. The fourth-order valence-electron chi connectivity index (χ4n) is 2.47. The van der Waals surface area contributed by atoms with Gasteiger partial charge in [-0.15, -0.1) is 0 Å². The molecule has 0 aliphatic rings. The van der Waals surface area contributed by atoms with Crippen molar-refractivity contribution in [1.82, 2.24) is 4.98 Å². The molecule has 0 bridgehead atoms. The first-order valence-corrected chi connectivity index (χ1v) is 9.39. The summed E-state index contributed by atoms with van der Waals surface area (Å²) in [4.78, 5) is 28.4. The molecule has 0 aliphatic heterocycles. The second-order valence-electron chi connectivity index (χ2n) is 5.79. The number of amides is 2. The summed E-state index contributed by atoms with van der Waals surface area (Å²) >= 11 is 1.23. The van der Waals surface area contributed by atoms with Gasteiger partial charge in [-0.2, -0.15) is 0 Å². The molecule has 4 rings (SSSR count). The van der Waals surface area contributed by atoms with E-state index in [1.54, 1.807) is 36.4 Å². The van der Waals surface area contributed by atoms with Gasteiger partial charge in [0.05, 0.1) is 12.0 Å². The highest BCUT2D eigenvalue weighted by Crippen LogP contribution is 2.23. The van der Waals surface area contributed by atoms with Crippen LogP contribution in [0, 0.1) is 0 Å². The van der Waals surface area contributed by atoms with Crippen LogP contribution >= 0.6 is 11.8 Å². The van der Waals surface area contributed by atoms with Gasteiger partial charge in [0, 0.05) is 11.4 Å². The number of nitrogens with one attached hydrogen (secondary N) is 2. The Hall–Kier alpha value is -3.52. The fraction of sp³-hybridized carbons (Fsp3) is 0.0500. The first kappa shape index (κ1) is 17.9. The highest BCUT2D eigenvalue weighted by atomic mass is 32.2. The molecule has 4 aromatic rings. The first-order valence-electron chi connectivity index (χ1n) is 8.40. The third-order valence-corrected chi connectivity index (χ3v) is 4.60. The first-order chi connectivity index (χ1) is 13.7. The SMILES string of the molecule is O=C(CSc1nc2ccccc2o1)Nc1ccc(NC(=O)c2ccco2)cc1. The molecule has 7 nitrogen and oxygen atoms in total. The summed E-state index contributed by atoms with van der Waals surface area (Å²) in [6.45, 7) is 0. The highest BCUT2D eigenvalue weighted by Gasteiger charge is 2.11. The summed E-state index contributed by atoms with van der Waals surface area (Å²) in [7, 11) is 0. The molecule has 2 N–H and O–H groups in total. The van der Waals surface area contributed by atoms with Crippen molar-refractivity contribution in [3.8, 4) is 0 Å². The average molecular weight is 393 g/mol. The van der Waals surface area contributed by atoms with Crippen LogP contribution in [0.2, 0.25) is 0 Å². The molecule has 0 atom stereocenters. The van der Waals surface area contributed by atoms with Crippen LogP contribution in [-0.4, -0.2) is 22.6 Å². The number of anilines is 2. The number of fused-ring (bicyclic) bond motifs is 1. The van der Waals surface area contributed by atoms with Crippen LogP contribution < -0.4 is 10.6 Å². The number of carbonyl (C=O) groups excluding carboxylic acids is 2. The molecule has 28 heavy (non-hydrogen) atoms. The number of aromatic nitrogens is 1. The molecular weight excluding hydrogens is 378 g/mol. The maximum Gasteiger partial charge on any atom is 0.291 e. The molecule has 2 amide bonds. The summed E-state index contributed by atoms with van der Waals surface area (Å²) < 4.78 is 10.6. The molecule has 2 aromatic carbocycles. The van der Waals surface area contributed by atoms with E-state index in [2.05, 4.69) is 15.6 Å². The Labute approximate surface area is 164 Å². The van der Waals surface area contributed by atoms with Gasteiger partial charge in [0.2, 0.25) is 5.91 Å². The van der Waals surface area contributed by atoms with Crippen LogP contribution in [0.1, 0.15) is 10.6 Å². The standard InChI is InChI=1S/C20H15N3O4S/c24-18(12-28-20-23-15-4-1-2-5-16(15)27-20)21-13-7-9-14(10-8-13)22-19(25)17-6-3-11-26-17/h1-11H,12H2,(H,21,24)(H,22,25). The number of carbonyl (C=O) groups is 2. The maximum atomic E-state index is 12.1. The van der Waals surface area contributed by atoms with Gasteiger partial charge in [-0.05, 0) is 48.5 Å². The van der Waals surface area contributed by atoms with Crippen molar-refractivity contribution < 1.29 is 18.4 Å². The monoisotopic (exact) mass is 393 g/mol. The molecule has 0 radical (unpaired) electrons. The molecule has 140 valence electrons. The summed E-state index contributed by atoms with van der Waals surface area (Å²) in [6, 6.07) is 17.5. The molecule has 0 aliphatic carbocycles. The summed E-state index contributed by atoms with van der Waals surface area (Å²) in [5.74, 6) is -0.117. The number of oxazole rings is 1. The summed E-state index contributed by atoms with van der Waals surface area (Å²) in [6.07, 6.45) is 1.44. The van der Waals surface area contributed by atoms with Crippen molar-refractivity contribution in [3.05, 3.63) is 72.7 Å². The van der Waals surface area contributed by atoms with Crippen molar-refractivity contribution in [3.63, 3.8) is 0 Å². The van der Waals surface area contributed by atoms with Gasteiger partial charge < -0.3 is 19.5 Å².